The van der Waals surface area contributed by atoms with Crippen molar-refractivity contribution in [1.82, 2.24) is 5.32 Å². The van der Waals surface area contributed by atoms with Crippen LogP contribution in [0.25, 0.3) is 0 Å². The van der Waals surface area contributed by atoms with E-state index in [2.05, 4.69) is 10.1 Å². The van der Waals surface area contributed by atoms with Gasteiger partial charge < -0.3 is 20.3 Å². The van der Waals surface area contributed by atoms with Gasteiger partial charge in [0.25, 0.3) is 0 Å². The second-order valence-corrected chi connectivity index (χ2v) is 6.33. The van der Waals surface area contributed by atoms with E-state index in [0.717, 1.165) is 38.8 Å². The summed E-state index contributed by atoms with van der Waals surface area (Å²) in [5.41, 5.74) is 0.649. The molecule has 1 unspecified atom stereocenters. The van der Waals surface area contributed by atoms with Gasteiger partial charge in [-0.15, -0.1) is 0 Å². The number of ether oxygens (including phenoxy) is 1. The van der Waals surface area contributed by atoms with Gasteiger partial charge in [-0.1, -0.05) is 44.9 Å². The van der Waals surface area contributed by atoms with Gasteiger partial charge in [-0.25, -0.2) is 4.79 Å². The van der Waals surface area contributed by atoms with Crippen molar-refractivity contribution in [2.24, 2.45) is 0 Å². The van der Waals surface area contributed by atoms with E-state index >= 15 is 0 Å². The Labute approximate surface area is 144 Å². The quantitative estimate of drug-likeness (QED) is 0.313. The number of hydrogen-bond donors (Lipinski definition) is 3. The second kappa shape index (κ2) is 13.0. The summed E-state index contributed by atoms with van der Waals surface area (Å²) in [5.74, 6) is -1.15. The van der Waals surface area contributed by atoms with Crippen LogP contribution in [-0.2, 0) is 14.3 Å². The number of aliphatic hydroxyl groups is 1. The van der Waals surface area contributed by atoms with Gasteiger partial charge in [0.15, 0.2) is 0 Å². The summed E-state index contributed by atoms with van der Waals surface area (Å²) in [4.78, 5) is 21.3. The Morgan fingerprint density at radius 1 is 1.00 bits per heavy atom. The van der Waals surface area contributed by atoms with Crippen LogP contribution < -0.4 is 5.32 Å². The Hall–Kier alpha value is -1.40. The van der Waals surface area contributed by atoms with Crippen molar-refractivity contribution in [3.8, 4) is 0 Å². The Morgan fingerprint density at radius 3 is 2.12 bits per heavy atom. The van der Waals surface area contributed by atoms with Crippen molar-refractivity contribution < 1.29 is 24.5 Å². The first-order valence-electron chi connectivity index (χ1n) is 9.11. The maximum absolute atomic E-state index is 10.9. The third-order valence-corrected chi connectivity index (χ3v) is 4.18. The van der Waals surface area contributed by atoms with Gasteiger partial charge >= 0.3 is 11.9 Å². The lowest BCUT2D eigenvalue weighted by Crippen LogP contribution is -2.19. The van der Waals surface area contributed by atoms with E-state index in [1.54, 1.807) is 0 Å². The van der Waals surface area contributed by atoms with Crippen LogP contribution in [0.4, 0.5) is 0 Å². The molecule has 0 radical (unpaired) electrons. The molecule has 1 aliphatic heterocycles. The van der Waals surface area contributed by atoms with E-state index in [4.69, 9.17) is 5.11 Å². The summed E-state index contributed by atoms with van der Waals surface area (Å²) in [6.45, 7) is 1.70. The van der Waals surface area contributed by atoms with Crippen LogP contribution in [0, 0.1) is 0 Å². The molecular formula is C18H31NO5. The first-order chi connectivity index (χ1) is 11.6. The zero-order valence-electron chi connectivity index (χ0n) is 14.5. The molecule has 0 aromatic heterocycles. The highest BCUT2D eigenvalue weighted by Gasteiger charge is 2.22. The average Bonchev–Trinajstić information content (AvgIpc) is 2.85. The highest BCUT2D eigenvalue weighted by Crippen LogP contribution is 2.15. The first-order valence-corrected chi connectivity index (χ1v) is 9.11. The van der Waals surface area contributed by atoms with Gasteiger partial charge in [0, 0.05) is 18.1 Å². The summed E-state index contributed by atoms with van der Waals surface area (Å²) in [6.07, 6.45) is 11.5. The summed E-state index contributed by atoms with van der Waals surface area (Å²) >= 11 is 0. The third-order valence-electron chi connectivity index (χ3n) is 4.18. The fraction of sp³-hybridized carbons (Fsp3) is 0.778. The molecule has 6 heteroatoms. The average molecular weight is 341 g/mol. The van der Waals surface area contributed by atoms with Crippen LogP contribution in [-0.4, -0.2) is 41.5 Å². The van der Waals surface area contributed by atoms with Gasteiger partial charge in [-0.3, -0.25) is 4.79 Å². The fourth-order valence-electron chi connectivity index (χ4n) is 2.76. The molecule has 0 saturated carbocycles. The number of cyclic esters (lactones) is 1. The standard InChI is InChI=1S/C18H31NO5/c20-16(21)10-8-6-4-2-1-3-5-7-9-12-19-13-11-15-14-17(22)24-18(15)23/h14,18-19,23H,1-13H2,(H,20,21). The number of aliphatic carboxylic acids is 1. The Bertz CT molecular complexity index is 408. The van der Waals surface area contributed by atoms with Crippen molar-refractivity contribution in [3.05, 3.63) is 11.6 Å². The molecule has 0 spiro atoms. The van der Waals surface area contributed by atoms with Gasteiger partial charge in [-0.05, 0) is 32.4 Å². The third kappa shape index (κ3) is 10.4. The van der Waals surface area contributed by atoms with E-state index < -0.39 is 18.2 Å². The molecule has 0 aliphatic carbocycles. The normalized spacial score (nSPS) is 17.0. The predicted molar refractivity (Wildman–Crippen MR) is 91.5 cm³/mol. The molecule has 0 aromatic rings. The number of nitrogens with one attached hydrogen (secondary N) is 1. The highest BCUT2D eigenvalue weighted by atomic mass is 16.6. The summed E-state index contributed by atoms with van der Waals surface area (Å²) < 4.78 is 4.62. The fourth-order valence-corrected chi connectivity index (χ4v) is 2.76. The Balaban J connectivity index is 1.77. The molecular weight excluding hydrogens is 310 g/mol. The van der Waals surface area contributed by atoms with E-state index in [0.29, 0.717) is 18.4 Å². The number of hydrogen-bond acceptors (Lipinski definition) is 5. The zero-order valence-corrected chi connectivity index (χ0v) is 14.5. The number of carboxylic acids is 1. The number of rotatable bonds is 15. The highest BCUT2D eigenvalue weighted by molar-refractivity contribution is 5.85. The van der Waals surface area contributed by atoms with Crippen LogP contribution in [0.1, 0.15) is 70.6 Å². The second-order valence-electron chi connectivity index (χ2n) is 6.33. The van der Waals surface area contributed by atoms with Gasteiger partial charge in [-0.2, -0.15) is 0 Å². The van der Waals surface area contributed by atoms with E-state index in [1.807, 2.05) is 0 Å². The first kappa shape index (κ1) is 20.6. The zero-order chi connectivity index (χ0) is 17.6. The lowest BCUT2D eigenvalue weighted by atomic mass is 10.1. The number of carbonyl (C=O) groups excluding carboxylic acids is 1. The molecule has 138 valence electrons. The molecule has 0 saturated heterocycles. The number of unbranched alkanes of at least 4 members (excludes halogenated alkanes) is 8. The maximum atomic E-state index is 10.9. The minimum Gasteiger partial charge on any atom is -0.481 e. The van der Waals surface area contributed by atoms with Crippen molar-refractivity contribution in [1.29, 1.82) is 0 Å². The van der Waals surface area contributed by atoms with Crippen LogP contribution in [0.3, 0.4) is 0 Å². The topological polar surface area (TPSA) is 95.9 Å². The number of aliphatic hydroxyl groups excluding tert-OH is 1. The molecule has 1 heterocycles. The molecule has 0 aromatic carbocycles. The van der Waals surface area contributed by atoms with Crippen LogP contribution in [0.15, 0.2) is 11.6 Å². The number of esters is 1. The molecule has 24 heavy (non-hydrogen) atoms. The van der Waals surface area contributed by atoms with Crippen molar-refractivity contribution in [3.63, 3.8) is 0 Å². The molecule has 1 aliphatic rings. The largest absolute Gasteiger partial charge is 0.481 e. The summed E-state index contributed by atoms with van der Waals surface area (Å²) in [5, 5.41) is 21.3. The number of carbonyl (C=O) groups is 2. The smallest absolute Gasteiger partial charge is 0.333 e. The summed E-state index contributed by atoms with van der Waals surface area (Å²) in [6, 6.07) is 0. The maximum Gasteiger partial charge on any atom is 0.333 e. The van der Waals surface area contributed by atoms with Crippen LogP contribution in [0.2, 0.25) is 0 Å². The minimum atomic E-state index is -1.05. The van der Waals surface area contributed by atoms with Crippen LogP contribution in [0.5, 0.6) is 0 Å². The van der Waals surface area contributed by atoms with Gasteiger partial charge in [0.2, 0.25) is 6.29 Å². The molecule has 0 amide bonds. The minimum absolute atomic E-state index is 0.298. The molecule has 1 rings (SSSR count). The van der Waals surface area contributed by atoms with E-state index in [1.165, 1.54) is 38.2 Å². The molecule has 6 nitrogen and oxygen atoms in total. The van der Waals surface area contributed by atoms with Gasteiger partial charge in [0.05, 0.1) is 0 Å². The molecule has 0 fully saturated rings. The van der Waals surface area contributed by atoms with Crippen molar-refractivity contribution in [2.75, 3.05) is 13.1 Å². The van der Waals surface area contributed by atoms with Crippen molar-refractivity contribution >= 4 is 11.9 Å². The van der Waals surface area contributed by atoms with Crippen LogP contribution >= 0.6 is 0 Å². The monoisotopic (exact) mass is 341 g/mol. The van der Waals surface area contributed by atoms with Crippen molar-refractivity contribution in [2.45, 2.75) is 76.9 Å². The van der Waals surface area contributed by atoms with E-state index in [-0.39, 0.29) is 0 Å². The molecule has 0 bridgehead atoms. The lowest BCUT2D eigenvalue weighted by Gasteiger charge is -2.08. The van der Waals surface area contributed by atoms with Gasteiger partial charge in [0.1, 0.15) is 0 Å². The SMILES string of the molecule is O=C(O)CCCCCCCCCCCNCCC1=CC(=O)OC1O. The lowest BCUT2D eigenvalue weighted by molar-refractivity contribution is -0.151. The molecule has 3 N–H and O–H groups in total. The summed E-state index contributed by atoms with van der Waals surface area (Å²) in [7, 11) is 0. The predicted octanol–water partition coefficient (Wildman–Crippen LogP) is 2.75. The number of carboxylic acid groups (broad SMARTS) is 1. The Morgan fingerprint density at radius 2 is 1.58 bits per heavy atom. The Kier molecular flexibility index (Phi) is 11.1. The molecule has 1 atom stereocenters. The van der Waals surface area contributed by atoms with E-state index in [9.17, 15) is 14.7 Å².